The van der Waals surface area contributed by atoms with Gasteiger partial charge in [0.1, 0.15) is 0 Å². The van der Waals surface area contributed by atoms with E-state index in [0.717, 1.165) is 25.1 Å². The van der Waals surface area contributed by atoms with Crippen LogP contribution in [0.1, 0.15) is 43.5 Å². The van der Waals surface area contributed by atoms with Gasteiger partial charge in [-0.3, -0.25) is 10.2 Å². The van der Waals surface area contributed by atoms with Crippen LogP contribution in [0.3, 0.4) is 0 Å². The molecule has 1 fully saturated rings. The summed E-state index contributed by atoms with van der Waals surface area (Å²) in [7, 11) is 0. The minimum atomic E-state index is 0. The summed E-state index contributed by atoms with van der Waals surface area (Å²) in [6.45, 7) is 4.06. The van der Waals surface area contributed by atoms with Gasteiger partial charge in [0.15, 0.2) is 0 Å². The SMILES string of the molecule is CCc1ccc(C(=O)NN2CCCCC2)cc1.[HH]. The fourth-order valence-corrected chi connectivity index (χ4v) is 2.11. The first-order chi connectivity index (χ1) is 8.29. The van der Waals surface area contributed by atoms with Gasteiger partial charge in [-0.25, -0.2) is 5.01 Å². The molecule has 0 unspecified atom stereocenters. The molecule has 0 saturated carbocycles. The average Bonchev–Trinajstić information content (AvgIpc) is 2.40. The maximum Gasteiger partial charge on any atom is 0.265 e. The molecule has 0 spiro atoms. The van der Waals surface area contributed by atoms with Crippen LogP contribution in [-0.4, -0.2) is 24.0 Å². The Kier molecular flexibility index (Phi) is 4.15. The van der Waals surface area contributed by atoms with Crippen LogP contribution in [-0.2, 0) is 6.42 Å². The average molecular weight is 234 g/mol. The van der Waals surface area contributed by atoms with Gasteiger partial charge in [-0.1, -0.05) is 25.5 Å². The molecule has 17 heavy (non-hydrogen) atoms. The van der Waals surface area contributed by atoms with Crippen molar-refractivity contribution in [2.45, 2.75) is 32.6 Å². The summed E-state index contributed by atoms with van der Waals surface area (Å²) in [6, 6.07) is 7.84. The van der Waals surface area contributed by atoms with Crippen molar-refractivity contribution in [1.82, 2.24) is 10.4 Å². The van der Waals surface area contributed by atoms with Crippen molar-refractivity contribution >= 4 is 5.91 Å². The Morgan fingerprint density at radius 2 is 1.88 bits per heavy atom. The zero-order valence-electron chi connectivity index (χ0n) is 10.4. The number of amides is 1. The number of piperidine rings is 1. The van der Waals surface area contributed by atoms with Crippen LogP contribution in [0, 0.1) is 0 Å². The molecule has 0 radical (unpaired) electrons. The number of hydrazine groups is 1. The lowest BCUT2D eigenvalue weighted by molar-refractivity contribution is 0.0750. The number of aryl methyl sites for hydroxylation is 1. The molecule has 1 aliphatic heterocycles. The third-order valence-corrected chi connectivity index (χ3v) is 3.24. The second-order valence-electron chi connectivity index (χ2n) is 4.54. The summed E-state index contributed by atoms with van der Waals surface area (Å²) >= 11 is 0. The number of nitrogens with zero attached hydrogens (tertiary/aromatic N) is 1. The molecule has 1 saturated heterocycles. The van der Waals surface area contributed by atoms with Gasteiger partial charge >= 0.3 is 0 Å². The first kappa shape index (κ1) is 12.1. The van der Waals surface area contributed by atoms with Crippen LogP contribution in [0.5, 0.6) is 0 Å². The van der Waals surface area contributed by atoms with Crippen LogP contribution >= 0.6 is 0 Å². The minimum absolute atomic E-state index is 0. The van der Waals surface area contributed by atoms with Gasteiger partial charge < -0.3 is 0 Å². The Labute approximate surface area is 104 Å². The summed E-state index contributed by atoms with van der Waals surface area (Å²) in [5.41, 5.74) is 4.97. The molecule has 1 heterocycles. The number of rotatable bonds is 3. The normalized spacial score (nSPS) is 16.8. The van der Waals surface area contributed by atoms with E-state index in [4.69, 9.17) is 0 Å². The second-order valence-corrected chi connectivity index (χ2v) is 4.54. The smallest absolute Gasteiger partial charge is 0.265 e. The van der Waals surface area contributed by atoms with Gasteiger partial charge in [0.05, 0.1) is 0 Å². The molecule has 0 atom stereocenters. The predicted molar refractivity (Wildman–Crippen MR) is 70.8 cm³/mol. The Bertz CT molecular complexity index is 372. The topological polar surface area (TPSA) is 32.3 Å². The monoisotopic (exact) mass is 234 g/mol. The van der Waals surface area contributed by atoms with E-state index in [1.165, 1.54) is 24.8 Å². The summed E-state index contributed by atoms with van der Waals surface area (Å²) in [6.07, 6.45) is 4.63. The molecule has 2 rings (SSSR count). The molecule has 1 aromatic rings. The molecule has 0 aromatic heterocycles. The Morgan fingerprint density at radius 1 is 1.24 bits per heavy atom. The highest BCUT2D eigenvalue weighted by molar-refractivity contribution is 5.93. The van der Waals surface area contributed by atoms with Crippen molar-refractivity contribution in [3.05, 3.63) is 35.4 Å². The van der Waals surface area contributed by atoms with Crippen LogP contribution in [0.2, 0.25) is 0 Å². The lowest BCUT2D eigenvalue weighted by atomic mass is 10.1. The zero-order chi connectivity index (χ0) is 12.1. The van der Waals surface area contributed by atoms with Gasteiger partial charge in [0.2, 0.25) is 0 Å². The highest BCUT2D eigenvalue weighted by Gasteiger charge is 2.13. The molecule has 0 bridgehead atoms. The lowest BCUT2D eigenvalue weighted by Crippen LogP contribution is -2.45. The number of nitrogens with one attached hydrogen (secondary N) is 1. The van der Waals surface area contributed by atoms with Crippen molar-refractivity contribution in [3.63, 3.8) is 0 Å². The van der Waals surface area contributed by atoms with Crippen LogP contribution < -0.4 is 5.43 Å². The van der Waals surface area contributed by atoms with Crippen molar-refractivity contribution in [3.8, 4) is 0 Å². The maximum absolute atomic E-state index is 12.0. The number of hydrogen-bond acceptors (Lipinski definition) is 2. The van der Waals surface area contributed by atoms with E-state index in [-0.39, 0.29) is 7.33 Å². The van der Waals surface area contributed by atoms with E-state index in [1.54, 1.807) is 0 Å². The van der Waals surface area contributed by atoms with E-state index in [9.17, 15) is 4.79 Å². The summed E-state index contributed by atoms with van der Waals surface area (Å²) in [5, 5.41) is 2.03. The largest absolute Gasteiger partial charge is 0.285 e. The lowest BCUT2D eigenvalue weighted by Gasteiger charge is -2.26. The van der Waals surface area contributed by atoms with Gasteiger partial charge in [-0.15, -0.1) is 0 Å². The molecule has 1 amide bonds. The molecule has 3 nitrogen and oxygen atoms in total. The third-order valence-electron chi connectivity index (χ3n) is 3.24. The van der Waals surface area contributed by atoms with E-state index >= 15 is 0 Å². The van der Waals surface area contributed by atoms with Crippen LogP contribution in [0.25, 0.3) is 0 Å². The van der Waals surface area contributed by atoms with E-state index in [2.05, 4.69) is 12.3 Å². The van der Waals surface area contributed by atoms with Gasteiger partial charge in [0, 0.05) is 20.1 Å². The first-order valence-electron chi connectivity index (χ1n) is 6.44. The van der Waals surface area contributed by atoms with Gasteiger partial charge in [-0.05, 0) is 37.0 Å². The van der Waals surface area contributed by atoms with Crippen molar-refractivity contribution < 1.29 is 6.22 Å². The van der Waals surface area contributed by atoms with E-state index in [1.807, 2.05) is 29.3 Å². The minimum Gasteiger partial charge on any atom is -0.285 e. The number of benzene rings is 1. The molecule has 94 valence electrons. The van der Waals surface area contributed by atoms with Crippen LogP contribution in [0.4, 0.5) is 0 Å². The fourth-order valence-electron chi connectivity index (χ4n) is 2.11. The Balaban J connectivity index is 0.00000162. The molecular weight excluding hydrogens is 212 g/mol. The van der Waals surface area contributed by atoms with E-state index < -0.39 is 0 Å². The Hall–Kier alpha value is -1.35. The number of hydrogen-bond donors (Lipinski definition) is 1. The highest BCUT2D eigenvalue weighted by atomic mass is 16.2. The molecule has 3 heteroatoms. The quantitative estimate of drug-likeness (QED) is 0.872. The molecule has 1 aromatic carbocycles. The van der Waals surface area contributed by atoms with Gasteiger partial charge in [0.25, 0.3) is 5.91 Å². The maximum atomic E-state index is 12.0. The molecule has 1 N–H and O–H groups in total. The summed E-state index contributed by atoms with van der Waals surface area (Å²) in [5.74, 6) is 0.00885. The van der Waals surface area contributed by atoms with E-state index in [0.29, 0.717) is 0 Å². The van der Waals surface area contributed by atoms with Gasteiger partial charge in [-0.2, -0.15) is 0 Å². The Morgan fingerprint density at radius 3 is 2.47 bits per heavy atom. The number of carbonyl (C=O) groups is 1. The zero-order valence-corrected chi connectivity index (χ0v) is 10.4. The summed E-state index contributed by atoms with van der Waals surface area (Å²) in [4.78, 5) is 12.0. The predicted octanol–water partition coefficient (Wildman–Crippen LogP) is 2.63. The standard InChI is InChI=1S/C14H20N2O.H2/c1-2-12-6-8-13(9-7-12)14(17)15-16-10-4-3-5-11-16;/h6-9H,2-5,10-11H2,1H3,(H,15,17);1H. The van der Waals surface area contributed by atoms with Crippen LogP contribution in [0.15, 0.2) is 24.3 Å². The summed E-state index contributed by atoms with van der Waals surface area (Å²) < 4.78 is 0. The molecular formula is C14H22N2O. The molecule has 1 aliphatic rings. The van der Waals surface area contributed by atoms with Crippen molar-refractivity contribution in [1.29, 1.82) is 0 Å². The third kappa shape index (κ3) is 3.30. The highest BCUT2D eigenvalue weighted by Crippen LogP contribution is 2.08. The second kappa shape index (κ2) is 5.82. The first-order valence-corrected chi connectivity index (χ1v) is 6.44. The van der Waals surface area contributed by atoms with Crippen molar-refractivity contribution in [2.75, 3.05) is 13.1 Å². The van der Waals surface area contributed by atoms with Crippen molar-refractivity contribution in [2.24, 2.45) is 0 Å². The number of carbonyl (C=O) groups excluding carboxylic acids is 1. The fraction of sp³-hybridized carbons (Fsp3) is 0.500. The molecule has 0 aliphatic carbocycles.